The van der Waals surface area contributed by atoms with Crippen molar-refractivity contribution in [1.82, 2.24) is 20.5 Å². The summed E-state index contributed by atoms with van der Waals surface area (Å²) >= 11 is 0. The number of carbonyl (C=O) groups excluding carboxylic acids is 2. The molecule has 232 valence electrons. The van der Waals surface area contributed by atoms with Crippen LogP contribution in [-0.2, 0) is 16.0 Å². The lowest BCUT2D eigenvalue weighted by Gasteiger charge is -2.46. The molecule has 2 aliphatic rings. The number of ether oxygens (including phenoxy) is 1. The van der Waals surface area contributed by atoms with Crippen molar-refractivity contribution in [3.8, 4) is 17.3 Å². The van der Waals surface area contributed by atoms with E-state index in [2.05, 4.69) is 26.2 Å². The minimum absolute atomic E-state index is 0.342. The van der Waals surface area contributed by atoms with Gasteiger partial charge in [-0.1, -0.05) is 51.8 Å². The molecule has 0 bridgehead atoms. The van der Waals surface area contributed by atoms with Gasteiger partial charge in [-0.15, -0.1) is 10.2 Å². The predicted octanol–water partition coefficient (Wildman–Crippen LogP) is 6.33. The number of nitrogens with one attached hydrogen (secondary N) is 1. The van der Waals surface area contributed by atoms with E-state index < -0.39 is 0 Å². The Hall–Kier alpha value is -3.17. The molecule has 0 amide bonds. The van der Waals surface area contributed by atoms with Crippen LogP contribution in [0.3, 0.4) is 0 Å². The SMILES string of the molecule is CC.CCC(=O)CCCCCCc1nnc(-c2cc3ccccc3nc2OC)o1.CN.O=CC1CCC2(CC1)CNC2. The van der Waals surface area contributed by atoms with Crippen molar-refractivity contribution in [1.29, 1.82) is 0 Å². The molecule has 9 nitrogen and oxygen atoms in total. The van der Waals surface area contributed by atoms with Crippen molar-refractivity contribution in [3.63, 3.8) is 0 Å². The molecule has 1 aromatic carbocycles. The molecule has 42 heavy (non-hydrogen) atoms. The van der Waals surface area contributed by atoms with Crippen LogP contribution in [0.4, 0.5) is 0 Å². The molecule has 1 saturated carbocycles. The number of methoxy groups -OCH3 is 1. The van der Waals surface area contributed by atoms with E-state index in [-0.39, 0.29) is 0 Å². The number of pyridine rings is 1. The number of para-hydroxylation sites is 1. The third-order valence-electron chi connectivity index (χ3n) is 7.85. The topological polar surface area (TPSA) is 133 Å². The fourth-order valence-electron chi connectivity index (χ4n) is 5.22. The van der Waals surface area contributed by atoms with Gasteiger partial charge in [0.1, 0.15) is 17.6 Å². The highest BCUT2D eigenvalue weighted by Crippen LogP contribution is 2.40. The first kappa shape index (κ1) is 35.0. The van der Waals surface area contributed by atoms with Gasteiger partial charge in [-0.2, -0.15) is 0 Å². The van der Waals surface area contributed by atoms with E-state index in [1.807, 2.05) is 51.1 Å². The van der Waals surface area contributed by atoms with E-state index in [1.165, 1.54) is 33.0 Å². The number of hydrogen-bond acceptors (Lipinski definition) is 9. The van der Waals surface area contributed by atoms with E-state index >= 15 is 0 Å². The fourth-order valence-corrected chi connectivity index (χ4v) is 5.22. The summed E-state index contributed by atoms with van der Waals surface area (Å²) in [5.74, 6) is 2.23. The first-order valence-electron chi connectivity index (χ1n) is 15.6. The molecule has 3 N–H and O–H groups in total. The van der Waals surface area contributed by atoms with Crippen molar-refractivity contribution in [2.75, 3.05) is 27.2 Å². The summed E-state index contributed by atoms with van der Waals surface area (Å²) in [6.45, 7) is 8.30. The minimum atomic E-state index is 0.342. The number of nitrogens with two attached hydrogens (primary N) is 1. The first-order chi connectivity index (χ1) is 20.6. The third-order valence-corrected chi connectivity index (χ3v) is 7.85. The second-order valence-corrected chi connectivity index (χ2v) is 10.6. The van der Waals surface area contributed by atoms with Crippen LogP contribution < -0.4 is 15.8 Å². The van der Waals surface area contributed by atoms with Crippen LogP contribution in [0.2, 0.25) is 0 Å². The predicted molar refractivity (Wildman–Crippen MR) is 168 cm³/mol. The highest BCUT2D eigenvalue weighted by Gasteiger charge is 2.39. The van der Waals surface area contributed by atoms with Gasteiger partial charge in [0.25, 0.3) is 5.89 Å². The summed E-state index contributed by atoms with van der Waals surface area (Å²) in [5.41, 5.74) is 6.67. The Morgan fingerprint density at radius 3 is 2.40 bits per heavy atom. The molecule has 1 aliphatic carbocycles. The van der Waals surface area contributed by atoms with Crippen LogP contribution in [-0.4, -0.2) is 54.5 Å². The monoisotopic (exact) mass is 581 g/mol. The number of rotatable bonds is 11. The number of benzene rings is 1. The van der Waals surface area contributed by atoms with Gasteiger partial charge >= 0.3 is 0 Å². The lowest BCUT2D eigenvalue weighted by molar-refractivity contribution is -0.118. The first-order valence-corrected chi connectivity index (χ1v) is 15.6. The molecule has 1 aliphatic heterocycles. The molecule has 0 radical (unpaired) electrons. The molecule has 0 unspecified atom stereocenters. The number of aryl methyl sites for hydroxylation is 1. The standard InChI is InChI=1S/C21H25N3O3.C9H15NO.C2H6.CH5N/c1-3-16(25)11-6-4-5-7-13-19-23-24-21(27-19)17-14-15-10-8-9-12-18(15)22-20(17)26-2;11-5-8-1-3-9(4-2-8)6-10-7-9;2*1-2/h8-10,12,14H,3-7,11,13H2,1-2H3;5,8,10H,1-4,6-7H2;1-2H3;2H2,1H3. The maximum atomic E-state index is 11.3. The molecular formula is C33H51N5O4. The Bertz CT molecular complexity index is 1200. The van der Waals surface area contributed by atoms with Crippen LogP contribution in [0, 0.1) is 11.3 Å². The zero-order valence-electron chi connectivity index (χ0n) is 26.3. The number of carbonyl (C=O) groups is 2. The summed E-state index contributed by atoms with van der Waals surface area (Å²) in [6, 6.07) is 9.80. The third kappa shape index (κ3) is 10.3. The summed E-state index contributed by atoms with van der Waals surface area (Å²) < 4.78 is 11.2. The van der Waals surface area contributed by atoms with E-state index in [1.54, 1.807) is 7.11 Å². The van der Waals surface area contributed by atoms with Gasteiger partial charge < -0.3 is 25.0 Å². The number of hydrogen-bond donors (Lipinski definition) is 2. The van der Waals surface area contributed by atoms with Crippen molar-refractivity contribution < 1.29 is 18.7 Å². The molecule has 2 fully saturated rings. The highest BCUT2D eigenvalue weighted by molar-refractivity contribution is 5.84. The highest BCUT2D eigenvalue weighted by atomic mass is 16.5. The molecule has 1 spiro atoms. The van der Waals surface area contributed by atoms with Crippen molar-refractivity contribution in [2.24, 2.45) is 17.1 Å². The average molecular weight is 582 g/mol. The lowest BCUT2D eigenvalue weighted by atomic mass is 9.67. The molecule has 0 atom stereocenters. The van der Waals surface area contributed by atoms with E-state index in [0.717, 1.165) is 62.1 Å². The Morgan fingerprint density at radius 2 is 1.79 bits per heavy atom. The smallest absolute Gasteiger partial charge is 0.253 e. The largest absolute Gasteiger partial charge is 0.480 e. The molecular weight excluding hydrogens is 530 g/mol. The zero-order valence-corrected chi connectivity index (χ0v) is 26.3. The number of Topliss-reactive ketones (excluding diaryl/α,β-unsaturated/α-hetero) is 1. The number of ketones is 1. The summed E-state index contributed by atoms with van der Waals surface area (Å²) in [6.07, 6.45) is 12.0. The Balaban J connectivity index is 0.000000340. The van der Waals surface area contributed by atoms with Gasteiger partial charge in [0.05, 0.1) is 12.6 Å². The van der Waals surface area contributed by atoms with Crippen LogP contribution >= 0.6 is 0 Å². The second-order valence-electron chi connectivity index (χ2n) is 10.6. The summed E-state index contributed by atoms with van der Waals surface area (Å²) in [5, 5.41) is 12.6. The normalized spacial score (nSPS) is 15.2. The molecule has 3 heterocycles. The number of aromatic nitrogens is 3. The molecule has 3 aromatic rings. The maximum Gasteiger partial charge on any atom is 0.253 e. The number of unbranched alkanes of at least 4 members (excludes halogenated alkanes) is 3. The van der Waals surface area contributed by atoms with Gasteiger partial charge in [-0.25, -0.2) is 4.98 Å². The summed E-state index contributed by atoms with van der Waals surface area (Å²) in [7, 11) is 3.08. The van der Waals surface area contributed by atoms with E-state index in [4.69, 9.17) is 9.15 Å². The Morgan fingerprint density at radius 1 is 1.10 bits per heavy atom. The molecule has 1 saturated heterocycles. The van der Waals surface area contributed by atoms with Gasteiger partial charge in [-0.3, -0.25) is 4.79 Å². The van der Waals surface area contributed by atoms with Gasteiger partial charge in [0.2, 0.25) is 11.8 Å². The van der Waals surface area contributed by atoms with Crippen LogP contribution in [0.5, 0.6) is 5.88 Å². The Labute approximate surface area is 251 Å². The molecule has 9 heteroatoms. The van der Waals surface area contributed by atoms with Crippen LogP contribution in [0.25, 0.3) is 22.4 Å². The average Bonchev–Trinajstić information content (AvgIpc) is 3.52. The fraction of sp³-hybridized carbons (Fsp3) is 0.606. The zero-order chi connectivity index (χ0) is 30.8. The van der Waals surface area contributed by atoms with Gasteiger partial charge in [-0.05, 0) is 63.1 Å². The van der Waals surface area contributed by atoms with E-state index in [9.17, 15) is 9.59 Å². The number of fused-ring (bicyclic) bond motifs is 1. The molecule has 2 aromatic heterocycles. The maximum absolute atomic E-state index is 11.3. The van der Waals surface area contributed by atoms with Gasteiger partial charge in [0, 0.05) is 43.7 Å². The summed E-state index contributed by atoms with van der Waals surface area (Å²) in [4.78, 5) is 26.3. The second kappa shape index (κ2) is 19.1. The van der Waals surface area contributed by atoms with Crippen molar-refractivity contribution in [2.45, 2.75) is 91.4 Å². The van der Waals surface area contributed by atoms with Crippen LogP contribution in [0.1, 0.15) is 90.9 Å². The van der Waals surface area contributed by atoms with Crippen LogP contribution in [0.15, 0.2) is 34.7 Å². The molecule has 5 rings (SSSR count). The quantitative estimate of drug-likeness (QED) is 0.197. The van der Waals surface area contributed by atoms with Gasteiger partial charge in [0.15, 0.2) is 0 Å². The Kier molecular flexibility index (Phi) is 15.9. The number of aldehydes is 1. The van der Waals surface area contributed by atoms with E-state index in [0.29, 0.717) is 53.2 Å². The number of nitrogens with zero attached hydrogens (tertiary/aromatic N) is 3. The van der Waals surface area contributed by atoms with Crippen molar-refractivity contribution >= 4 is 23.0 Å². The minimum Gasteiger partial charge on any atom is -0.480 e. The lowest BCUT2D eigenvalue weighted by Crippen LogP contribution is -2.54. The van der Waals surface area contributed by atoms with Crippen molar-refractivity contribution in [3.05, 3.63) is 36.2 Å².